The Morgan fingerprint density at radius 2 is 1.62 bits per heavy atom. The SMILES string of the molecule is CC(=O)Cc1cc(-c2cccc(F)c2F)ccc1C(=O)c1ccccc1. The van der Waals surface area contributed by atoms with E-state index in [0.29, 0.717) is 22.3 Å². The number of ketones is 2. The first-order valence-corrected chi connectivity index (χ1v) is 8.14. The smallest absolute Gasteiger partial charge is 0.193 e. The summed E-state index contributed by atoms with van der Waals surface area (Å²) in [6.07, 6.45) is 0.0404. The molecule has 0 unspecified atom stereocenters. The molecule has 0 aliphatic rings. The monoisotopic (exact) mass is 350 g/mol. The summed E-state index contributed by atoms with van der Waals surface area (Å²) in [7, 11) is 0. The third kappa shape index (κ3) is 3.59. The van der Waals surface area contributed by atoms with Crippen LogP contribution in [0.1, 0.15) is 28.4 Å². The van der Waals surface area contributed by atoms with Crippen LogP contribution >= 0.6 is 0 Å². The van der Waals surface area contributed by atoms with Gasteiger partial charge in [-0.25, -0.2) is 8.78 Å². The van der Waals surface area contributed by atoms with Gasteiger partial charge in [-0.15, -0.1) is 0 Å². The van der Waals surface area contributed by atoms with Crippen molar-refractivity contribution in [3.05, 3.63) is 95.1 Å². The van der Waals surface area contributed by atoms with E-state index in [2.05, 4.69) is 0 Å². The summed E-state index contributed by atoms with van der Waals surface area (Å²) in [4.78, 5) is 24.4. The second-order valence-electron chi connectivity index (χ2n) is 6.05. The number of hydrogen-bond donors (Lipinski definition) is 0. The Hall–Kier alpha value is -3.14. The van der Waals surface area contributed by atoms with Crippen LogP contribution in [-0.2, 0) is 11.2 Å². The molecule has 3 aromatic carbocycles. The Balaban J connectivity index is 2.11. The lowest BCUT2D eigenvalue weighted by Gasteiger charge is -2.11. The molecule has 0 amide bonds. The standard InChI is InChI=1S/C22H16F2O2/c1-14(25)12-17-13-16(18-8-5-9-20(23)21(18)24)10-11-19(17)22(26)15-6-3-2-4-7-15/h2-11,13H,12H2,1H3. The lowest BCUT2D eigenvalue weighted by molar-refractivity contribution is -0.116. The first-order valence-electron chi connectivity index (χ1n) is 8.14. The molecule has 130 valence electrons. The van der Waals surface area contributed by atoms with Crippen LogP contribution in [0, 0.1) is 11.6 Å². The van der Waals surface area contributed by atoms with Gasteiger partial charge in [0.05, 0.1) is 0 Å². The highest BCUT2D eigenvalue weighted by Gasteiger charge is 2.17. The lowest BCUT2D eigenvalue weighted by atomic mass is 9.92. The predicted molar refractivity (Wildman–Crippen MR) is 96.1 cm³/mol. The summed E-state index contributed by atoms with van der Waals surface area (Å²) in [5, 5.41) is 0. The molecule has 0 aliphatic carbocycles. The van der Waals surface area contributed by atoms with Gasteiger partial charge in [-0.3, -0.25) is 9.59 Å². The normalized spacial score (nSPS) is 10.6. The number of halogens is 2. The van der Waals surface area contributed by atoms with Crippen molar-refractivity contribution in [2.45, 2.75) is 13.3 Å². The van der Waals surface area contributed by atoms with Gasteiger partial charge in [-0.05, 0) is 30.2 Å². The zero-order valence-corrected chi connectivity index (χ0v) is 14.1. The van der Waals surface area contributed by atoms with Crippen LogP contribution in [0.5, 0.6) is 0 Å². The molecule has 0 radical (unpaired) electrons. The number of carbonyl (C=O) groups is 2. The Morgan fingerprint density at radius 3 is 2.31 bits per heavy atom. The van der Waals surface area contributed by atoms with Crippen molar-refractivity contribution in [3.8, 4) is 11.1 Å². The fraction of sp³-hybridized carbons (Fsp3) is 0.0909. The zero-order chi connectivity index (χ0) is 18.7. The summed E-state index contributed by atoms with van der Waals surface area (Å²) in [6.45, 7) is 1.42. The first kappa shape index (κ1) is 17.7. The van der Waals surface area contributed by atoms with E-state index >= 15 is 0 Å². The molecular weight excluding hydrogens is 334 g/mol. The van der Waals surface area contributed by atoms with Gasteiger partial charge < -0.3 is 0 Å². The van der Waals surface area contributed by atoms with E-state index in [4.69, 9.17) is 0 Å². The minimum atomic E-state index is -0.955. The predicted octanol–water partition coefficient (Wildman–Crippen LogP) is 4.99. The summed E-state index contributed by atoms with van der Waals surface area (Å²) < 4.78 is 27.6. The maximum Gasteiger partial charge on any atom is 0.193 e. The van der Waals surface area contributed by atoms with Gasteiger partial charge >= 0.3 is 0 Å². The maximum absolute atomic E-state index is 14.1. The summed E-state index contributed by atoms with van der Waals surface area (Å²) >= 11 is 0. The molecule has 3 rings (SSSR count). The molecule has 0 aromatic heterocycles. The molecule has 26 heavy (non-hydrogen) atoms. The van der Waals surface area contributed by atoms with Crippen LogP contribution in [0.25, 0.3) is 11.1 Å². The van der Waals surface area contributed by atoms with Crippen LogP contribution in [0.3, 0.4) is 0 Å². The largest absolute Gasteiger partial charge is 0.300 e. The molecule has 2 nitrogen and oxygen atoms in total. The van der Waals surface area contributed by atoms with Gasteiger partial charge in [0.2, 0.25) is 0 Å². The van der Waals surface area contributed by atoms with E-state index in [9.17, 15) is 18.4 Å². The van der Waals surface area contributed by atoms with Crippen molar-refractivity contribution in [2.24, 2.45) is 0 Å². The van der Waals surface area contributed by atoms with Gasteiger partial charge in [-0.1, -0.05) is 54.6 Å². The van der Waals surface area contributed by atoms with E-state index in [1.54, 1.807) is 42.5 Å². The number of rotatable bonds is 5. The van der Waals surface area contributed by atoms with Crippen molar-refractivity contribution >= 4 is 11.6 Å². The fourth-order valence-corrected chi connectivity index (χ4v) is 2.87. The second kappa shape index (κ2) is 7.40. The van der Waals surface area contributed by atoms with Gasteiger partial charge in [0.15, 0.2) is 17.4 Å². The number of benzene rings is 3. The van der Waals surface area contributed by atoms with Crippen LogP contribution < -0.4 is 0 Å². The lowest BCUT2D eigenvalue weighted by Crippen LogP contribution is -2.08. The van der Waals surface area contributed by atoms with E-state index in [0.717, 1.165) is 6.07 Å². The Kier molecular flexibility index (Phi) is 5.03. The number of Topliss-reactive ketones (excluding diaryl/α,β-unsaturated/α-hetero) is 1. The highest BCUT2D eigenvalue weighted by molar-refractivity contribution is 6.10. The average molecular weight is 350 g/mol. The first-order chi connectivity index (χ1) is 12.5. The Morgan fingerprint density at radius 1 is 0.885 bits per heavy atom. The van der Waals surface area contributed by atoms with Crippen LogP contribution in [0.4, 0.5) is 8.78 Å². The quantitative estimate of drug-likeness (QED) is 0.607. The highest BCUT2D eigenvalue weighted by atomic mass is 19.2. The maximum atomic E-state index is 14.1. The second-order valence-corrected chi connectivity index (χ2v) is 6.05. The third-order valence-electron chi connectivity index (χ3n) is 4.09. The molecule has 0 saturated carbocycles. The van der Waals surface area contributed by atoms with Crippen molar-refractivity contribution < 1.29 is 18.4 Å². The highest BCUT2D eigenvalue weighted by Crippen LogP contribution is 2.28. The summed E-state index contributed by atoms with van der Waals surface area (Å²) in [5.41, 5.74) is 1.89. The van der Waals surface area contributed by atoms with Gasteiger partial charge in [0, 0.05) is 23.1 Å². The van der Waals surface area contributed by atoms with Gasteiger partial charge in [0.25, 0.3) is 0 Å². The van der Waals surface area contributed by atoms with E-state index in [1.807, 2.05) is 6.07 Å². The molecule has 3 aromatic rings. The summed E-state index contributed by atoms with van der Waals surface area (Å²) in [6, 6.07) is 17.3. The molecular formula is C22H16F2O2. The average Bonchev–Trinajstić information content (AvgIpc) is 2.64. The minimum Gasteiger partial charge on any atom is -0.300 e. The molecule has 0 aliphatic heterocycles. The topological polar surface area (TPSA) is 34.1 Å². The molecule has 0 atom stereocenters. The molecule has 0 bridgehead atoms. The van der Waals surface area contributed by atoms with Crippen LogP contribution in [0.15, 0.2) is 66.7 Å². The number of hydrogen-bond acceptors (Lipinski definition) is 2. The van der Waals surface area contributed by atoms with Crippen molar-refractivity contribution in [1.29, 1.82) is 0 Å². The van der Waals surface area contributed by atoms with Crippen molar-refractivity contribution in [3.63, 3.8) is 0 Å². The molecule has 0 heterocycles. The minimum absolute atomic E-state index is 0.0404. The molecule has 0 saturated heterocycles. The fourth-order valence-electron chi connectivity index (χ4n) is 2.87. The zero-order valence-electron chi connectivity index (χ0n) is 14.1. The van der Waals surface area contributed by atoms with E-state index in [1.165, 1.54) is 19.1 Å². The molecule has 0 fully saturated rings. The van der Waals surface area contributed by atoms with E-state index < -0.39 is 11.6 Å². The van der Waals surface area contributed by atoms with Gasteiger partial charge in [0.1, 0.15) is 5.78 Å². The number of carbonyl (C=O) groups excluding carboxylic acids is 2. The molecule has 0 spiro atoms. The Bertz CT molecular complexity index is 979. The molecule has 0 N–H and O–H groups in total. The van der Waals surface area contributed by atoms with Crippen LogP contribution in [0.2, 0.25) is 0 Å². The summed E-state index contributed by atoms with van der Waals surface area (Å²) in [5.74, 6) is -2.24. The molecule has 4 heteroatoms. The van der Waals surface area contributed by atoms with Crippen molar-refractivity contribution in [1.82, 2.24) is 0 Å². The van der Waals surface area contributed by atoms with E-state index in [-0.39, 0.29) is 23.6 Å². The van der Waals surface area contributed by atoms with Gasteiger partial charge in [-0.2, -0.15) is 0 Å². The third-order valence-corrected chi connectivity index (χ3v) is 4.09. The van der Waals surface area contributed by atoms with Crippen LogP contribution in [-0.4, -0.2) is 11.6 Å². The van der Waals surface area contributed by atoms with Crippen molar-refractivity contribution in [2.75, 3.05) is 0 Å². The Labute approximate surface area is 150 Å².